The molecule has 2 N–H and O–H groups in total. The summed E-state index contributed by atoms with van der Waals surface area (Å²) in [5.74, 6) is 0.817. The van der Waals surface area contributed by atoms with Crippen molar-refractivity contribution >= 4 is 17.2 Å². The number of nitrogens with one attached hydrogen (secondary N) is 2. The van der Waals surface area contributed by atoms with E-state index in [1.54, 1.807) is 11.3 Å². The highest BCUT2D eigenvalue weighted by Gasteiger charge is 2.17. The van der Waals surface area contributed by atoms with E-state index in [-0.39, 0.29) is 11.9 Å². The molecule has 0 saturated carbocycles. The Kier molecular flexibility index (Phi) is 5.34. The molecule has 0 aliphatic carbocycles. The van der Waals surface area contributed by atoms with Gasteiger partial charge >= 0.3 is 0 Å². The molecule has 1 amide bonds. The molecule has 1 aliphatic rings. The summed E-state index contributed by atoms with van der Waals surface area (Å²) in [5.41, 5.74) is 0.984. The van der Waals surface area contributed by atoms with E-state index in [0.29, 0.717) is 12.3 Å². The number of aromatic nitrogens is 1. The van der Waals surface area contributed by atoms with Crippen LogP contribution in [0.1, 0.15) is 49.9 Å². The lowest BCUT2D eigenvalue weighted by atomic mass is 10.0. The molecule has 1 aliphatic heterocycles. The van der Waals surface area contributed by atoms with Crippen molar-refractivity contribution in [2.45, 2.75) is 45.6 Å². The van der Waals surface area contributed by atoms with Crippen molar-refractivity contribution in [1.82, 2.24) is 15.6 Å². The van der Waals surface area contributed by atoms with Gasteiger partial charge in [0.25, 0.3) is 0 Å². The lowest BCUT2D eigenvalue weighted by Crippen LogP contribution is -2.27. The maximum absolute atomic E-state index is 11.9. The van der Waals surface area contributed by atoms with Gasteiger partial charge in [0.2, 0.25) is 5.91 Å². The van der Waals surface area contributed by atoms with Crippen LogP contribution in [0.25, 0.3) is 0 Å². The molecule has 2 rings (SSSR count). The van der Waals surface area contributed by atoms with Crippen LogP contribution in [-0.4, -0.2) is 24.0 Å². The highest BCUT2D eigenvalue weighted by atomic mass is 32.1. The van der Waals surface area contributed by atoms with Crippen LogP contribution in [0.15, 0.2) is 5.38 Å². The number of thiazole rings is 1. The molecule has 5 heteroatoms. The van der Waals surface area contributed by atoms with Gasteiger partial charge in [-0.15, -0.1) is 11.3 Å². The van der Waals surface area contributed by atoms with Gasteiger partial charge in [-0.05, 0) is 45.2 Å². The minimum atomic E-state index is 0.0192. The first-order valence-corrected chi connectivity index (χ1v) is 8.01. The van der Waals surface area contributed by atoms with Crippen molar-refractivity contribution in [1.29, 1.82) is 0 Å². The molecule has 2 heterocycles. The number of rotatable bonds is 6. The quantitative estimate of drug-likeness (QED) is 0.841. The summed E-state index contributed by atoms with van der Waals surface area (Å²) in [7, 11) is 0. The van der Waals surface area contributed by atoms with Gasteiger partial charge < -0.3 is 10.6 Å². The first-order chi connectivity index (χ1) is 9.19. The Hall–Kier alpha value is -0.940. The zero-order valence-corrected chi connectivity index (χ0v) is 12.6. The van der Waals surface area contributed by atoms with Gasteiger partial charge in [-0.25, -0.2) is 4.98 Å². The topological polar surface area (TPSA) is 54.0 Å². The molecule has 0 bridgehead atoms. The second-order valence-electron chi connectivity index (χ2n) is 5.21. The summed E-state index contributed by atoms with van der Waals surface area (Å²) in [6.45, 7) is 6.26. The Morgan fingerprint density at radius 1 is 1.68 bits per heavy atom. The Morgan fingerprint density at radius 3 is 3.16 bits per heavy atom. The fourth-order valence-electron chi connectivity index (χ4n) is 2.37. The van der Waals surface area contributed by atoms with E-state index in [0.717, 1.165) is 36.6 Å². The molecular weight excluding hydrogens is 258 g/mol. The Bertz CT molecular complexity index is 413. The maximum Gasteiger partial charge on any atom is 0.220 e. The van der Waals surface area contributed by atoms with Gasteiger partial charge in [-0.2, -0.15) is 0 Å². The average Bonchev–Trinajstić information content (AvgIpc) is 3.07. The molecule has 2 unspecified atom stereocenters. The van der Waals surface area contributed by atoms with E-state index < -0.39 is 0 Å². The third-order valence-electron chi connectivity index (χ3n) is 3.64. The zero-order chi connectivity index (χ0) is 13.7. The number of amides is 1. The summed E-state index contributed by atoms with van der Waals surface area (Å²) in [4.78, 5) is 16.4. The molecule has 4 nitrogen and oxygen atoms in total. The second-order valence-corrected chi connectivity index (χ2v) is 6.15. The van der Waals surface area contributed by atoms with Crippen LogP contribution in [0, 0.1) is 5.92 Å². The SMILES string of the molecule is CCc1nc(C(C)NC(=O)CCC2CCNC2)cs1. The van der Waals surface area contributed by atoms with Crippen molar-refractivity contribution < 1.29 is 4.79 Å². The lowest BCUT2D eigenvalue weighted by Gasteiger charge is -2.13. The normalized spacial score (nSPS) is 20.4. The molecule has 1 fully saturated rings. The van der Waals surface area contributed by atoms with Crippen molar-refractivity contribution in [3.05, 3.63) is 16.1 Å². The first-order valence-electron chi connectivity index (χ1n) is 7.13. The number of hydrogen-bond acceptors (Lipinski definition) is 4. The molecule has 106 valence electrons. The second kappa shape index (κ2) is 7.01. The van der Waals surface area contributed by atoms with Crippen molar-refractivity contribution in [3.63, 3.8) is 0 Å². The Labute approximate surface area is 119 Å². The van der Waals surface area contributed by atoms with Crippen LogP contribution in [0.5, 0.6) is 0 Å². The van der Waals surface area contributed by atoms with E-state index in [9.17, 15) is 4.79 Å². The molecular formula is C14H23N3OS. The molecule has 19 heavy (non-hydrogen) atoms. The highest BCUT2D eigenvalue weighted by molar-refractivity contribution is 7.09. The molecule has 0 aromatic carbocycles. The maximum atomic E-state index is 11.9. The van der Waals surface area contributed by atoms with Gasteiger partial charge in [0, 0.05) is 11.8 Å². The number of aryl methyl sites for hydroxylation is 1. The van der Waals surface area contributed by atoms with Gasteiger partial charge in [-0.3, -0.25) is 4.79 Å². The van der Waals surface area contributed by atoms with Crippen LogP contribution < -0.4 is 10.6 Å². The monoisotopic (exact) mass is 281 g/mol. The van der Waals surface area contributed by atoms with Crippen molar-refractivity contribution in [3.8, 4) is 0 Å². The standard InChI is InChI=1S/C14H23N3OS/c1-3-14-17-12(9-19-14)10(2)16-13(18)5-4-11-6-7-15-8-11/h9-11,15H,3-8H2,1-2H3,(H,16,18). The third-order valence-corrected chi connectivity index (χ3v) is 4.65. The summed E-state index contributed by atoms with van der Waals surface area (Å²) >= 11 is 1.67. The largest absolute Gasteiger partial charge is 0.348 e. The van der Waals surface area contributed by atoms with Crippen LogP contribution in [0.3, 0.4) is 0 Å². The molecule has 2 atom stereocenters. The Morgan fingerprint density at radius 2 is 2.53 bits per heavy atom. The van der Waals surface area contributed by atoms with E-state index in [1.807, 2.05) is 12.3 Å². The summed E-state index contributed by atoms with van der Waals surface area (Å²) in [5, 5.41) is 9.55. The fourth-order valence-corrected chi connectivity index (χ4v) is 3.21. The minimum absolute atomic E-state index is 0.0192. The third kappa shape index (κ3) is 4.28. The van der Waals surface area contributed by atoms with E-state index >= 15 is 0 Å². The predicted octanol–water partition coefficient (Wildman–Crippen LogP) is 2.27. The molecule has 0 spiro atoms. The van der Waals surface area contributed by atoms with Crippen molar-refractivity contribution in [2.24, 2.45) is 5.92 Å². The molecule has 1 aromatic rings. The highest BCUT2D eigenvalue weighted by Crippen LogP contribution is 2.18. The van der Waals surface area contributed by atoms with Crippen LogP contribution in [0.4, 0.5) is 0 Å². The van der Waals surface area contributed by atoms with Crippen LogP contribution in [0.2, 0.25) is 0 Å². The molecule has 1 aromatic heterocycles. The summed E-state index contributed by atoms with van der Waals surface area (Å²) < 4.78 is 0. The summed E-state index contributed by atoms with van der Waals surface area (Å²) in [6, 6.07) is 0.0192. The lowest BCUT2D eigenvalue weighted by molar-refractivity contribution is -0.122. The predicted molar refractivity (Wildman–Crippen MR) is 78.3 cm³/mol. The molecule has 1 saturated heterocycles. The van der Waals surface area contributed by atoms with E-state index in [2.05, 4.69) is 22.5 Å². The first kappa shape index (κ1) is 14.5. The van der Waals surface area contributed by atoms with Gasteiger partial charge in [0.15, 0.2) is 0 Å². The zero-order valence-electron chi connectivity index (χ0n) is 11.7. The fraction of sp³-hybridized carbons (Fsp3) is 0.714. The van der Waals surface area contributed by atoms with Gasteiger partial charge in [-0.1, -0.05) is 6.92 Å². The van der Waals surface area contributed by atoms with Crippen LogP contribution >= 0.6 is 11.3 Å². The van der Waals surface area contributed by atoms with Crippen molar-refractivity contribution in [2.75, 3.05) is 13.1 Å². The van der Waals surface area contributed by atoms with Gasteiger partial charge in [0.1, 0.15) is 0 Å². The number of nitrogens with zero attached hydrogens (tertiary/aromatic N) is 1. The number of carbonyl (C=O) groups excluding carboxylic acids is 1. The minimum Gasteiger partial charge on any atom is -0.348 e. The molecule has 0 radical (unpaired) electrons. The Balaban J connectivity index is 1.74. The smallest absolute Gasteiger partial charge is 0.220 e. The number of hydrogen-bond donors (Lipinski definition) is 2. The average molecular weight is 281 g/mol. The van der Waals surface area contributed by atoms with E-state index in [1.165, 1.54) is 6.42 Å². The number of carbonyl (C=O) groups is 1. The van der Waals surface area contributed by atoms with Gasteiger partial charge in [0.05, 0.1) is 16.7 Å². The van der Waals surface area contributed by atoms with Crippen LogP contribution in [-0.2, 0) is 11.2 Å². The summed E-state index contributed by atoms with van der Waals surface area (Å²) in [6.07, 6.45) is 3.78. The van der Waals surface area contributed by atoms with E-state index in [4.69, 9.17) is 0 Å².